The number of carboxylic acid groups (broad SMARTS) is 1. The Balaban J connectivity index is 0.00000180. The number of carboxylic acids is 1. The summed E-state index contributed by atoms with van der Waals surface area (Å²) in [6.07, 6.45) is 0. The summed E-state index contributed by atoms with van der Waals surface area (Å²) in [5, 5.41) is 13.5. The Bertz CT molecular complexity index is 434. The molecule has 3 atom stereocenters. The van der Waals surface area contributed by atoms with E-state index in [1.165, 1.54) is 16.7 Å². The van der Waals surface area contributed by atoms with E-state index < -0.39 is 22.8 Å². The normalized spacial score (nSPS) is 31.0. The molecule has 2 heterocycles. The molecule has 19 heavy (non-hydrogen) atoms. The Morgan fingerprint density at radius 3 is 2.58 bits per heavy atom. The Labute approximate surface area is 145 Å². The van der Waals surface area contributed by atoms with E-state index in [4.69, 9.17) is 0 Å². The number of halogens is 1. The van der Waals surface area contributed by atoms with Gasteiger partial charge in [-0.15, -0.1) is 11.8 Å². The molecule has 0 unspecified atom stereocenters. The molecule has 2 aliphatic rings. The fraction of sp³-hybridized carbons (Fsp3) is 0.700. The van der Waals surface area contributed by atoms with Gasteiger partial charge in [-0.05, 0) is 13.8 Å². The van der Waals surface area contributed by atoms with E-state index in [1.807, 2.05) is 0 Å². The van der Waals surface area contributed by atoms with Crippen molar-refractivity contribution in [2.24, 2.45) is 0 Å². The summed E-state index contributed by atoms with van der Waals surface area (Å²) in [6.45, 7) is 3.51. The van der Waals surface area contributed by atoms with Crippen LogP contribution in [0.1, 0.15) is 13.8 Å². The smallest absolute Gasteiger partial charge is 0.548 e. The van der Waals surface area contributed by atoms with Crippen LogP contribution in [0.2, 0.25) is 0 Å². The van der Waals surface area contributed by atoms with Crippen LogP contribution in [-0.2, 0) is 14.4 Å². The molecule has 0 aliphatic carbocycles. The van der Waals surface area contributed by atoms with Crippen molar-refractivity contribution in [3.05, 3.63) is 0 Å². The zero-order valence-electron chi connectivity index (χ0n) is 10.8. The molecule has 100 valence electrons. The minimum atomic E-state index is -1.26. The van der Waals surface area contributed by atoms with Crippen molar-refractivity contribution in [2.75, 3.05) is 5.33 Å². The molecule has 2 fully saturated rings. The number of β-lactam (4-membered cyclic amide) rings is 1. The van der Waals surface area contributed by atoms with E-state index in [1.54, 1.807) is 13.8 Å². The van der Waals surface area contributed by atoms with Crippen LogP contribution < -0.4 is 40.0 Å². The van der Waals surface area contributed by atoms with Gasteiger partial charge in [0.15, 0.2) is 0 Å². The van der Waals surface area contributed by atoms with Crippen LogP contribution in [0.25, 0.3) is 0 Å². The molecule has 0 saturated carbocycles. The summed E-state index contributed by atoms with van der Waals surface area (Å²) in [5.74, 6) is -1.90. The number of nitrogens with one attached hydrogen (secondary N) is 1. The maximum Gasteiger partial charge on any atom is 1.00 e. The first-order chi connectivity index (χ1) is 8.29. The second-order valence-electron chi connectivity index (χ2n) is 4.76. The molecule has 2 aliphatic heterocycles. The summed E-state index contributed by atoms with van der Waals surface area (Å²) < 4.78 is -0.618. The largest absolute Gasteiger partial charge is 1.00 e. The number of aliphatic carboxylic acids is 1. The summed E-state index contributed by atoms with van der Waals surface area (Å²) in [6, 6.07) is -1.58. The number of hydrogen-bond donors (Lipinski definition) is 1. The molecular formula is C10H12BrN2NaO4S. The van der Waals surface area contributed by atoms with Gasteiger partial charge >= 0.3 is 29.6 Å². The van der Waals surface area contributed by atoms with Crippen molar-refractivity contribution in [3.8, 4) is 0 Å². The summed E-state index contributed by atoms with van der Waals surface area (Å²) in [7, 11) is 0. The van der Waals surface area contributed by atoms with Crippen molar-refractivity contribution in [1.82, 2.24) is 10.2 Å². The third-order valence-corrected chi connectivity index (χ3v) is 5.18. The van der Waals surface area contributed by atoms with Gasteiger partial charge in [-0.3, -0.25) is 9.59 Å². The van der Waals surface area contributed by atoms with Crippen LogP contribution >= 0.6 is 27.7 Å². The predicted octanol–water partition coefficient (Wildman–Crippen LogP) is -4.32. The standard InChI is InChI=1S/C10H13BrN2O4S.Na/c1-10(2)6(9(16)17)13-7(15)5(8(13)18-10)12-4(14)3-11;/h5-6,8H,3H2,1-2H3,(H,12,14)(H,16,17);/q;+1/p-1/t5-,6+,8-;/m1./s1. The van der Waals surface area contributed by atoms with E-state index in [0.29, 0.717) is 0 Å². The van der Waals surface area contributed by atoms with Gasteiger partial charge in [-0.1, -0.05) is 15.9 Å². The number of carbonyl (C=O) groups is 3. The van der Waals surface area contributed by atoms with Crippen LogP contribution in [-0.4, -0.2) is 50.2 Å². The van der Waals surface area contributed by atoms with Gasteiger partial charge in [0.25, 0.3) is 0 Å². The molecule has 2 rings (SSSR count). The molecular weight excluding hydrogens is 347 g/mol. The minimum Gasteiger partial charge on any atom is -0.548 e. The van der Waals surface area contributed by atoms with Crippen LogP contribution in [0.3, 0.4) is 0 Å². The van der Waals surface area contributed by atoms with Gasteiger partial charge in [0, 0.05) is 4.75 Å². The number of amides is 2. The third kappa shape index (κ3) is 2.83. The summed E-state index contributed by atoms with van der Waals surface area (Å²) >= 11 is 4.37. The van der Waals surface area contributed by atoms with E-state index in [2.05, 4.69) is 21.2 Å². The van der Waals surface area contributed by atoms with Crippen molar-refractivity contribution >= 4 is 45.5 Å². The van der Waals surface area contributed by atoms with E-state index in [9.17, 15) is 19.5 Å². The monoisotopic (exact) mass is 358 g/mol. The predicted molar refractivity (Wildman–Crippen MR) is 66.8 cm³/mol. The van der Waals surface area contributed by atoms with E-state index in [-0.39, 0.29) is 52.1 Å². The number of hydrogen-bond acceptors (Lipinski definition) is 5. The summed E-state index contributed by atoms with van der Waals surface area (Å²) in [5.41, 5.74) is 0. The van der Waals surface area contributed by atoms with Crippen molar-refractivity contribution in [2.45, 2.75) is 36.1 Å². The molecule has 1 N–H and O–H groups in total. The maximum atomic E-state index is 11.9. The number of thioether (sulfide) groups is 1. The SMILES string of the molecule is CC1(C)S[C@@H]2[C@H](NC(=O)CBr)C(=O)N2[C@H]1C(=O)[O-].[Na+]. The van der Waals surface area contributed by atoms with Crippen LogP contribution in [0.15, 0.2) is 0 Å². The van der Waals surface area contributed by atoms with Crippen LogP contribution in [0.4, 0.5) is 0 Å². The molecule has 9 heteroatoms. The van der Waals surface area contributed by atoms with Crippen molar-refractivity contribution < 1.29 is 49.0 Å². The van der Waals surface area contributed by atoms with Crippen molar-refractivity contribution in [3.63, 3.8) is 0 Å². The van der Waals surface area contributed by atoms with Crippen LogP contribution in [0, 0.1) is 0 Å². The quantitative estimate of drug-likeness (QED) is 0.313. The Morgan fingerprint density at radius 1 is 1.53 bits per heavy atom. The molecule has 0 spiro atoms. The third-order valence-electron chi connectivity index (χ3n) is 3.10. The molecule has 0 bridgehead atoms. The maximum absolute atomic E-state index is 11.9. The van der Waals surface area contributed by atoms with E-state index >= 15 is 0 Å². The first kappa shape index (κ1) is 17.3. The Morgan fingerprint density at radius 2 is 2.11 bits per heavy atom. The van der Waals surface area contributed by atoms with Gasteiger partial charge in [-0.2, -0.15) is 0 Å². The number of alkyl halides is 1. The minimum absolute atomic E-state index is 0. The molecule has 0 radical (unpaired) electrons. The zero-order chi connectivity index (χ0) is 13.7. The number of rotatable bonds is 3. The van der Waals surface area contributed by atoms with Gasteiger partial charge in [0.1, 0.15) is 11.4 Å². The second kappa shape index (κ2) is 5.93. The number of carbonyl (C=O) groups excluding carboxylic acids is 3. The second-order valence-corrected chi connectivity index (χ2v) is 7.09. The Hall–Kier alpha value is 0.240. The molecule has 6 nitrogen and oxygen atoms in total. The average Bonchev–Trinajstić information content (AvgIpc) is 2.54. The fourth-order valence-electron chi connectivity index (χ4n) is 2.34. The molecule has 2 amide bonds. The van der Waals surface area contributed by atoms with E-state index in [0.717, 1.165) is 0 Å². The zero-order valence-corrected chi connectivity index (χ0v) is 15.2. The van der Waals surface area contributed by atoms with Crippen LogP contribution in [0.5, 0.6) is 0 Å². The van der Waals surface area contributed by atoms with Crippen molar-refractivity contribution in [1.29, 1.82) is 0 Å². The topological polar surface area (TPSA) is 89.5 Å². The first-order valence-corrected chi connectivity index (χ1v) is 7.36. The van der Waals surface area contributed by atoms with Gasteiger partial charge in [0.2, 0.25) is 11.8 Å². The fourth-order valence-corrected chi connectivity index (χ4v) is 4.12. The molecule has 2 saturated heterocycles. The summed E-state index contributed by atoms with van der Waals surface area (Å²) in [4.78, 5) is 35.6. The Kier molecular flexibility index (Phi) is 5.40. The number of fused-ring (bicyclic) bond motifs is 1. The molecule has 0 aromatic rings. The average molecular weight is 359 g/mol. The molecule has 0 aromatic heterocycles. The number of nitrogens with zero attached hydrogens (tertiary/aromatic N) is 1. The molecule has 0 aromatic carbocycles. The first-order valence-electron chi connectivity index (χ1n) is 5.36. The van der Waals surface area contributed by atoms with Gasteiger partial charge in [0.05, 0.1) is 17.3 Å². The van der Waals surface area contributed by atoms with Gasteiger partial charge in [-0.25, -0.2) is 0 Å². The van der Waals surface area contributed by atoms with Gasteiger partial charge < -0.3 is 20.1 Å².